The minimum absolute atomic E-state index is 0.221. The summed E-state index contributed by atoms with van der Waals surface area (Å²) in [5.41, 5.74) is 10.1. The topological polar surface area (TPSA) is 101 Å². The fourth-order valence-electron chi connectivity index (χ4n) is 2.24. The highest BCUT2D eigenvalue weighted by Gasteiger charge is 2.12. The van der Waals surface area contributed by atoms with Crippen LogP contribution in [0, 0.1) is 20.8 Å². The summed E-state index contributed by atoms with van der Waals surface area (Å²) in [7, 11) is 0. The minimum atomic E-state index is -0.229. The summed E-state index contributed by atoms with van der Waals surface area (Å²) in [6.45, 7) is 5.77. The van der Waals surface area contributed by atoms with E-state index in [2.05, 4.69) is 20.3 Å². The molecule has 0 spiro atoms. The lowest BCUT2D eigenvalue weighted by Gasteiger charge is -2.01. The summed E-state index contributed by atoms with van der Waals surface area (Å²) in [6.07, 6.45) is 0. The first kappa shape index (κ1) is 14.0. The van der Waals surface area contributed by atoms with Crippen LogP contribution in [0.5, 0.6) is 0 Å². The van der Waals surface area contributed by atoms with Crippen molar-refractivity contribution in [1.29, 1.82) is 0 Å². The van der Waals surface area contributed by atoms with Crippen molar-refractivity contribution < 1.29 is 0 Å². The Labute approximate surface area is 126 Å². The summed E-state index contributed by atoms with van der Waals surface area (Å²) in [6, 6.07) is 7.26. The van der Waals surface area contributed by atoms with Crippen molar-refractivity contribution in [3.05, 3.63) is 51.4 Å². The number of aromatic nitrogens is 3. The Morgan fingerprint density at radius 3 is 2.77 bits per heavy atom. The van der Waals surface area contributed by atoms with Gasteiger partial charge in [0.15, 0.2) is 17.2 Å². The van der Waals surface area contributed by atoms with E-state index in [-0.39, 0.29) is 11.4 Å². The van der Waals surface area contributed by atoms with Crippen LogP contribution in [0.4, 0.5) is 17.2 Å². The molecular formula is C15H16N6O. The second kappa shape index (κ2) is 5.10. The maximum absolute atomic E-state index is 11.6. The first-order valence-electron chi connectivity index (χ1n) is 6.83. The summed E-state index contributed by atoms with van der Waals surface area (Å²) in [4.78, 5) is 14.3. The molecular weight excluding hydrogens is 280 g/mol. The summed E-state index contributed by atoms with van der Waals surface area (Å²) in [5.74, 6) is 0.221. The van der Waals surface area contributed by atoms with Crippen molar-refractivity contribution in [3.8, 4) is 0 Å². The average Bonchev–Trinajstić information content (AvgIpc) is 2.77. The van der Waals surface area contributed by atoms with Crippen LogP contribution in [-0.2, 0) is 0 Å². The normalized spacial score (nSPS) is 11.6. The summed E-state index contributed by atoms with van der Waals surface area (Å²) < 4.78 is 1.55. The van der Waals surface area contributed by atoms with E-state index in [0.29, 0.717) is 17.0 Å². The Hall–Kier alpha value is -2.96. The highest BCUT2D eigenvalue weighted by atomic mass is 16.1. The molecule has 3 aromatic rings. The lowest BCUT2D eigenvalue weighted by atomic mass is 10.1. The van der Waals surface area contributed by atoms with Crippen molar-refractivity contribution in [3.63, 3.8) is 0 Å². The van der Waals surface area contributed by atoms with E-state index in [4.69, 9.17) is 5.73 Å². The van der Waals surface area contributed by atoms with Crippen molar-refractivity contribution in [1.82, 2.24) is 14.6 Å². The lowest BCUT2D eigenvalue weighted by molar-refractivity contribution is 0.891. The highest BCUT2D eigenvalue weighted by molar-refractivity contribution is 5.75. The molecule has 2 heterocycles. The van der Waals surface area contributed by atoms with E-state index < -0.39 is 0 Å². The molecule has 0 aliphatic heterocycles. The Balaban J connectivity index is 2.15. The largest absolute Gasteiger partial charge is 0.380 e. The monoisotopic (exact) mass is 296 g/mol. The number of nitrogens with one attached hydrogen (secondary N) is 1. The molecule has 0 amide bonds. The van der Waals surface area contributed by atoms with Gasteiger partial charge in [0.2, 0.25) is 0 Å². The third-order valence-corrected chi connectivity index (χ3v) is 3.64. The van der Waals surface area contributed by atoms with Gasteiger partial charge in [0.25, 0.3) is 5.56 Å². The predicted octanol–water partition coefficient (Wildman–Crippen LogP) is 2.95. The van der Waals surface area contributed by atoms with Crippen LogP contribution in [-0.4, -0.2) is 14.6 Å². The van der Waals surface area contributed by atoms with Gasteiger partial charge in [-0.3, -0.25) is 4.79 Å². The second-order valence-electron chi connectivity index (χ2n) is 5.19. The van der Waals surface area contributed by atoms with Crippen LogP contribution in [0.25, 0.3) is 5.65 Å². The van der Waals surface area contributed by atoms with E-state index >= 15 is 0 Å². The quantitative estimate of drug-likeness (QED) is 0.711. The molecule has 7 heteroatoms. The van der Waals surface area contributed by atoms with Crippen molar-refractivity contribution >= 4 is 22.8 Å². The van der Waals surface area contributed by atoms with Crippen LogP contribution in [0.2, 0.25) is 0 Å². The zero-order valence-electron chi connectivity index (χ0n) is 12.6. The standard InChI is InChI=1S/C15H16N6O/c1-8-5-4-6-11(10(8)3)18-19-13-14(16)20-21-9(2)7-12(22)17-15(13)21/h4-7H,1-3H3,(H2,16,20)(H,17,22). The van der Waals surface area contributed by atoms with Crippen LogP contribution in [0.3, 0.4) is 0 Å². The van der Waals surface area contributed by atoms with Gasteiger partial charge in [0.1, 0.15) is 0 Å². The summed E-state index contributed by atoms with van der Waals surface area (Å²) >= 11 is 0. The number of anilines is 1. The molecule has 3 rings (SSSR count). The van der Waals surface area contributed by atoms with E-state index in [0.717, 1.165) is 16.8 Å². The van der Waals surface area contributed by atoms with Crippen molar-refractivity contribution in [2.75, 3.05) is 5.73 Å². The number of aryl methyl sites for hydroxylation is 2. The molecule has 0 saturated heterocycles. The van der Waals surface area contributed by atoms with Gasteiger partial charge in [-0.25, -0.2) is 4.52 Å². The molecule has 0 bridgehead atoms. The van der Waals surface area contributed by atoms with Gasteiger partial charge in [-0.05, 0) is 38.0 Å². The fourth-order valence-corrected chi connectivity index (χ4v) is 2.24. The molecule has 22 heavy (non-hydrogen) atoms. The molecule has 0 aliphatic carbocycles. The predicted molar refractivity (Wildman–Crippen MR) is 85.1 cm³/mol. The molecule has 2 aromatic heterocycles. The van der Waals surface area contributed by atoms with Gasteiger partial charge in [0, 0.05) is 11.8 Å². The molecule has 0 fully saturated rings. The first-order chi connectivity index (χ1) is 10.5. The van der Waals surface area contributed by atoms with Gasteiger partial charge < -0.3 is 10.7 Å². The zero-order chi connectivity index (χ0) is 15.9. The Kier molecular flexibility index (Phi) is 3.25. The lowest BCUT2D eigenvalue weighted by Crippen LogP contribution is -2.09. The second-order valence-corrected chi connectivity index (χ2v) is 5.19. The molecule has 1 aromatic carbocycles. The van der Waals surface area contributed by atoms with Crippen molar-refractivity contribution in [2.45, 2.75) is 20.8 Å². The molecule has 0 aliphatic rings. The molecule has 0 atom stereocenters. The third kappa shape index (κ3) is 2.26. The number of azo groups is 1. The van der Waals surface area contributed by atoms with E-state index in [1.54, 1.807) is 11.4 Å². The molecule has 7 nitrogen and oxygen atoms in total. The molecule has 0 radical (unpaired) electrons. The number of benzene rings is 1. The molecule has 112 valence electrons. The maximum atomic E-state index is 11.6. The van der Waals surface area contributed by atoms with Crippen LogP contribution >= 0.6 is 0 Å². The van der Waals surface area contributed by atoms with Crippen LogP contribution in [0.1, 0.15) is 16.8 Å². The number of H-pyrrole nitrogens is 1. The van der Waals surface area contributed by atoms with Crippen LogP contribution in [0.15, 0.2) is 39.3 Å². The number of hydrogen-bond donors (Lipinski definition) is 2. The number of rotatable bonds is 2. The number of fused-ring (bicyclic) bond motifs is 1. The van der Waals surface area contributed by atoms with Crippen molar-refractivity contribution in [2.24, 2.45) is 10.2 Å². The minimum Gasteiger partial charge on any atom is -0.380 e. The van der Waals surface area contributed by atoms with Gasteiger partial charge in [0.05, 0.1) is 5.69 Å². The van der Waals surface area contributed by atoms with E-state index in [1.165, 1.54) is 6.07 Å². The smallest absolute Gasteiger partial charge is 0.251 e. The van der Waals surface area contributed by atoms with Gasteiger partial charge in [-0.1, -0.05) is 12.1 Å². The number of aromatic amines is 1. The number of nitrogen functional groups attached to an aromatic ring is 1. The zero-order valence-corrected chi connectivity index (χ0v) is 12.6. The van der Waals surface area contributed by atoms with Gasteiger partial charge >= 0.3 is 0 Å². The Morgan fingerprint density at radius 2 is 2.00 bits per heavy atom. The Bertz CT molecular complexity index is 951. The highest BCUT2D eigenvalue weighted by Crippen LogP contribution is 2.29. The van der Waals surface area contributed by atoms with Crippen LogP contribution < -0.4 is 11.3 Å². The summed E-state index contributed by atoms with van der Waals surface area (Å²) in [5, 5.41) is 12.6. The average molecular weight is 296 g/mol. The van der Waals surface area contributed by atoms with E-state index in [1.807, 2.05) is 32.0 Å². The van der Waals surface area contributed by atoms with Gasteiger partial charge in [-0.15, -0.1) is 10.2 Å². The Morgan fingerprint density at radius 1 is 1.23 bits per heavy atom. The first-order valence-corrected chi connectivity index (χ1v) is 6.83. The molecule has 0 unspecified atom stereocenters. The van der Waals surface area contributed by atoms with Gasteiger partial charge in [-0.2, -0.15) is 5.11 Å². The number of nitrogens with two attached hydrogens (primary N) is 1. The third-order valence-electron chi connectivity index (χ3n) is 3.64. The number of hydrogen-bond acceptors (Lipinski definition) is 5. The number of nitrogens with zero attached hydrogens (tertiary/aromatic N) is 4. The SMILES string of the molecule is Cc1cccc(N=Nc2c(N)nn3c(C)cc(=O)[nH]c23)c1C. The van der Waals surface area contributed by atoms with E-state index in [9.17, 15) is 4.79 Å². The maximum Gasteiger partial charge on any atom is 0.251 e. The fraction of sp³-hybridized carbons (Fsp3) is 0.200. The molecule has 0 saturated carbocycles. The molecule has 3 N–H and O–H groups in total.